The van der Waals surface area contributed by atoms with Crippen molar-refractivity contribution in [2.45, 2.75) is 44.7 Å². The van der Waals surface area contributed by atoms with Crippen molar-refractivity contribution in [2.24, 2.45) is 5.41 Å². The standard InChI is InChI=1S/C17H20N2/c1-2-17(12-13-18)10-8-16(9-11-17)19-14-15-6-4-3-5-7-15/h1,3-7,16,19H,8-12,14H2/t16-,17-. The Kier molecular flexibility index (Phi) is 4.61. The molecule has 0 unspecified atom stereocenters. The summed E-state index contributed by atoms with van der Waals surface area (Å²) in [7, 11) is 0. The monoisotopic (exact) mass is 252 g/mol. The molecule has 0 heterocycles. The van der Waals surface area contributed by atoms with Crippen molar-refractivity contribution >= 4 is 0 Å². The van der Waals surface area contributed by atoms with Gasteiger partial charge in [-0.25, -0.2) is 0 Å². The molecule has 1 aromatic carbocycles. The highest BCUT2D eigenvalue weighted by molar-refractivity contribution is 5.15. The minimum absolute atomic E-state index is 0.167. The van der Waals surface area contributed by atoms with E-state index in [0.717, 1.165) is 32.2 Å². The Balaban J connectivity index is 1.81. The van der Waals surface area contributed by atoms with Crippen LogP contribution in [0.25, 0.3) is 0 Å². The molecule has 98 valence electrons. The predicted molar refractivity (Wildman–Crippen MR) is 77.0 cm³/mol. The Morgan fingerprint density at radius 3 is 2.53 bits per heavy atom. The first kappa shape index (κ1) is 13.7. The quantitative estimate of drug-likeness (QED) is 0.835. The van der Waals surface area contributed by atoms with Crippen LogP contribution in [0.4, 0.5) is 0 Å². The van der Waals surface area contributed by atoms with Gasteiger partial charge in [0, 0.05) is 18.0 Å². The summed E-state index contributed by atoms with van der Waals surface area (Å²) in [6.45, 7) is 0.910. The molecule has 0 bridgehead atoms. The van der Waals surface area contributed by atoms with Gasteiger partial charge < -0.3 is 5.32 Å². The lowest BCUT2D eigenvalue weighted by Crippen LogP contribution is -2.36. The van der Waals surface area contributed by atoms with E-state index in [9.17, 15) is 0 Å². The highest BCUT2D eigenvalue weighted by atomic mass is 14.9. The van der Waals surface area contributed by atoms with E-state index in [1.807, 2.05) is 6.07 Å². The zero-order chi connectivity index (χ0) is 13.6. The van der Waals surface area contributed by atoms with Gasteiger partial charge in [0.05, 0.1) is 12.5 Å². The van der Waals surface area contributed by atoms with E-state index in [-0.39, 0.29) is 5.41 Å². The summed E-state index contributed by atoms with van der Waals surface area (Å²) in [5, 5.41) is 12.5. The highest BCUT2D eigenvalue weighted by Gasteiger charge is 2.33. The first-order chi connectivity index (χ1) is 9.28. The lowest BCUT2D eigenvalue weighted by atomic mass is 9.71. The van der Waals surface area contributed by atoms with E-state index in [1.54, 1.807) is 0 Å². The summed E-state index contributed by atoms with van der Waals surface area (Å²) in [4.78, 5) is 0. The fraction of sp³-hybridized carbons (Fsp3) is 0.471. The summed E-state index contributed by atoms with van der Waals surface area (Å²) in [5.74, 6) is 2.86. The molecule has 2 heteroatoms. The number of benzene rings is 1. The number of hydrogen-bond acceptors (Lipinski definition) is 2. The molecule has 1 aliphatic carbocycles. The zero-order valence-corrected chi connectivity index (χ0v) is 11.2. The Bertz CT molecular complexity index is 470. The number of rotatable bonds is 4. The number of nitrogens with one attached hydrogen (secondary N) is 1. The van der Waals surface area contributed by atoms with Crippen molar-refractivity contribution in [3.05, 3.63) is 35.9 Å². The van der Waals surface area contributed by atoms with Crippen LogP contribution in [-0.2, 0) is 6.54 Å². The molecule has 0 atom stereocenters. The van der Waals surface area contributed by atoms with E-state index >= 15 is 0 Å². The van der Waals surface area contributed by atoms with Crippen molar-refractivity contribution in [1.82, 2.24) is 5.32 Å². The molecule has 0 spiro atoms. The van der Waals surface area contributed by atoms with Gasteiger partial charge in [-0.05, 0) is 31.2 Å². The van der Waals surface area contributed by atoms with Gasteiger partial charge in [0.1, 0.15) is 0 Å². The lowest BCUT2D eigenvalue weighted by Gasteiger charge is -2.35. The fourth-order valence-corrected chi connectivity index (χ4v) is 2.76. The van der Waals surface area contributed by atoms with Crippen LogP contribution in [0.1, 0.15) is 37.7 Å². The molecule has 19 heavy (non-hydrogen) atoms. The van der Waals surface area contributed by atoms with Gasteiger partial charge in [-0.2, -0.15) is 5.26 Å². The van der Waals surface area contributed by atoms with Crippen LogP contribution in [-0.4, -0.2) is 6.04 Å². The SMILES string of the molecule is C#C[C@]1(CC#N)CC[C@H](NCc2ccccc2)CC1. The second-order valence-corrected chi connectivity index (χ2v) is 5.40. The first-order valence-electron chi connectivity index (χ1n) is 6.90. The van der Waals surface area contributed by atoms with Gasteiger partial charge in [0.15, 0.2) is 0 Å². The molecule has 0 amide bonds. The largest absolute Gasteiger partial charge is 0.310 e. The van der Waals surface area contributed by atoms with Crippen LogP contribution in [0.15, 0.2) is 30.3 Å². The zero-order valence-electron chi connectivity index (χ0n) is 11.2. The molecule has 0 aromatic heterocycles. The average Bonchev–Trinajstić information content (AvgIpc) is 2.48. The Hall–Kier alpha value is -1.77. The average molecular weight is 252 g/mol. The van der Waals surface area contributed by atoms with E-state index < -0.39 is 0 Å². The molecule has 0 radical (unpaired) electrons. The third-order valence-electron chi connectivity index (χ3n) is 4.10. The number of hydrogen-bond donors (Lipinski definition) is 1. The summed E-state index contributed by atoms with van der Waals surface area (Å²) >= 11 is 0. The second kappa shape index (κ2) is 6.41. The van der Waals surface area contributed by atoms with Crippen LogP contribution < -0.4 is 5.32 Å². The van der Waals surface area contributed by atoms with E-state index in [0.29, 0.717) is 12.5 Å². The fourth-order valence-electron chi connectivity index (χ4n) is 2.76. The Morgan fingerprint density at radius 2 is 1.95 bits per heavy atom. The van der Waals surface area contributed by atoms with Crippen LogP contribution in [0.3, 0.4) is 0 Å². The van der Waals surface area contributed by atoms with Gasteiger partial charge in [0.25, 0.3) is 0 Å². The highest BCUT2D eigenvalue weighted by Crippen LogP contribution is 2.38. The minimum Gasteiger partial charge on any atom is -0.310 e. The molecule has 0 aliphatic heterocycles. The number of terminal acetylenes is 1. The maximum Gasteiger partial charge on any atom is 0.0637 e. The Labute approximate surface area is 115 Å². The lowest BCUT2D eigenvalue weighted by molar-refractivity contribution is 0.231. The smallest absolute Gasteiger partial charge is 0.0637 e. The van der Waals surface area contributed by atoms with Crippen molar-refractivity contribution in [3.63, 3.8) is 0 Å². The van der Waals surface area contributed by atoms with Gasteiger partial charge in [-0.3, -0.25) is 0 Å². The minimum atomic E-state index is -0.167. The van der Waals surface area contributed by atoms with Crippen molar-refractivity contribution in [2.75, 3.05) is 0 Å². The molecule has 2 rings (SSSR count). The van der Waals surface area contributed by atoms with Crippen molar-refractivity contribution < 1.29 is 0 Å². The second-order valence-electron chi connectivity index (χ2n) is 5.40. The van der Waals surface area contributed by atoms with Crippen molar-refractivity contribution in [3.8, 4) is 18.4 Å². The van der Waals surface area contributed by atoms with Gasteiger partial charge in [-0.1, -0.05) is 36.3 Å². The van der Waals surface area contributed by atoms with Crippen molar-refractivity contribution in [1.29, 1.82) is 5.26 Å². The molecule has 2 nitrogen and oxygen atoms in total. The van der Waals surface area contributed by atoms with Crippen LogP contribution in [0.2, 0.25) is 0 Å². The molecule has 1 saturated carbocycles. The molecule has 1 aromatic rings. The van der Waals surface area contributed by atoms with Gasteiger partial charge >= 0.3 is 0 Å². The predicted octanol–water partition coefficient (Wildman–Crippen LogP) is 3.25. The molecular formula is C17H20N2. The Morgan fingerprint density at radius 1 is 1.26 bits per heavy atom. The third-order valence-corrected chi connectivity index (χ3v) is 4.10. The summed E-state index contributed by atoms with van der Waals surface area (Å²) in [5.41, 5.74) is 1.15. The van der Waals surface area contributed by atoms with E-state index in [4.69, 9.17) is 11.7 Å². The maximum atomic E-state index is 8.87. The summed E-state index contributed by atoms with van der Waals surface area (Å²) in [6, 6.07) is 13.2. The summed E-state index contributed by atoms with van der Waals surface area (Å²) < 4.78 is 0. The number of nitriles is 1. The van der Waals surface area contributed by atoms with Gasteiger partial charge in [0.2, 0.25) is 0 Å². The molecular weight excluding hydrogens is 232 g/mol. The van der Waals surface area contributed by atoms with Crippen LogP contribution >= 0.6 is 0 Å². The van der Waals surface area contributed by atoms with E-state index in [2.05, 4.69) is 41.6 Å². The molecule has 0 saturated heterocycles. The topological polar surface area (TPSA) is 35.8 Å². The van der Waals surface area contributed by atoms with Crippen LogP contribution in [0.5, 0.6) is 0 Å². The summed E-state index contributed by atoms with van der Waals surface area (Å²) in [6.07, 6.45) is 10.2. The molecule has 1 fully saturated rings. The normalized spacial score (nSPS) is 26.3. The maximum absolute atomic E-state index is 8.87. The molecule has 1 aliphatic rings. The third kappa shape index (κ3) is 3.60. The van der Waals surface area contributed by atoms with Gasteiger partial charge in [-0.15, -0.1) is 6.42 Å². The number of nitrogens with zero attached hydrogens (tertiary/aromatic N) is 1. The van der Waals surface area contributed by atoms with Crippen LogP contribution in [0, 0.1) is 29.1 Å². The first-order valence-corrected chi connectivity index (χ1v) is 6.90. The molecule has 1 N–H and O–H groups in total. The van der Waals surface area contributed by atoms with E-state index in [1.165, 1.54) is 5.56 Å².